The van der Waals surface area contributed by atoms with E-state index < -0.39 is 11.6 Å². The van der Waals surface area contributed by atoms with Gasteiger partial charge in [-0.05, 0) is 0 Å². The summed E-state index contributed by atoms with van der Waals surface area (Å²) in [5.74, 6) is -1.97. The van der Waals surface area contributed by atoms with Crippen molar-refractivity contribution >= 4 is 25.2 Å². The van der Waals surface area contributed by atoms with Crippen molar-refractivity contribution in [2.24, 2.45) is 0 Å². The molecule has 2 aromatic rings. The van der Waals surface area contributed by atoms with Crippen LogP contribution < -0.4 is 4.46 Å². The van der Waals surface area contributed by atoms with Gasteiger partial charge >= 0.3 is 109 Å². The summed E-state index contributed by atoms with van der Waals surface area (Å²) in [4.78, 5) is 12.3. The summed E-state index contributed by atoms with van der Waals surface area (Å²) < 4.78 is 27.9. The zero-order valence-corrected chi connectivity index (χ0v) is 11.0. The first-order valence-corrected chi connectivity index (χ1v) is 7.48. The average Bonchev–Trinajstić information content (AvgIpc) is 2.53. The SMILES string of the molecule is O=C1c2ccccc2[Se]Cc2c1ccc(F)c2F. The van der Waals surface area contributed by atoms with Crippen LogP contribution in [0.4, 0.5) is 8.78 Å². The van der Waals surface area contributed by atoms with E-state index in [-0.39, 0.29) is 26.3 Å². The Bertz CT molecular complexity index is 652. The van der Waals surface area contributed by atoms with Crippen molar-refractivity contribution in [3.63, 3.8) is 0 Å². The van der Waals surface area contributed by atoms with Crippen molar-refractivity contribution in [2.45, 2.75) is 5.32 Å². The number of ketones is 1. The van der Waals surface area contributed by atoms with Crippen LogP contribution in [0.1, 0.15) is 21.5 Å². The van der Waals surface area contributed by atoms with E-state index in [1.165, 1.54) is 6.07 Å². The minimum absolute atomic E-state index is 0.0495. The maximum atomic E-state index is 13.7. The first-order valence-electron chi connectivity index (χ1n) is 5.42. The number of fused-ring (bicyclic) bond motifs is 2. The molecule has 18 heavy (non-hydrogen) atoms. The molecule has 0 aromatic heterocycles. The van der Waals surface area contributed by atoms with Gasteiger partial charge in [0.15, 0.2) is 0 Å². The summed E-state index contributed by atoms with van der Waals surface area (Å²) in [6.07, 6.45) is 0. The molecule has 90 valence electrons. The van der Waals surface area contributed by atoms with Crippen LogP contribution >= 0.6 is 0 Å². The van der Waals surface area contributed by atoms with Gasteiger partial charge in [0.05, 0.1) is 0 Å². The third-order valence-electron chi connectivity index (χ3n) is 2.94. The van der Waals surface area contributed by atoms with Gasteiger partial charge in [-0.25, -0.2) is 0 Å². The second-order valence-electron chi connectivity index (χ2n) is 4.00. The van der Waals surface area contributed by atoms with Gasteiger partial charge in [0.2, 0.25) is 0 Å². The molecule has 0 saturated heterocycles. The molecule has 4 heteroatoms. The van der Waals surface area contributed by atoms with Crippen LogP contribution in [0.2, 0.25) is 0 Å². The maximum absolute atomic E-state index is 13.7. The second kappa shape index (κ2) is 4.30. The summed E-state index contributed by atoms with van der Waals surface area (Å²) in [5, 5.41) is 0.411. The van der Waals surface area contributed by atoms with Gasteiger partial charge in [0.25, 0.3) is 0 Å². The molecule has 3 rings (SSSR count). The molecule has 0 bridgehead atoms. The first-order chi connectivity index (χ1) is 8.68. The predicted molar refractivity (Wildman–Crippen MR) is 65.3 cm³/mol. The Labute approximate surface area is 109 Å². The number of halogens is 2. The standard InChI is InChI=1S/C14H8F2OSe/c15-11-6-5-8-10(13(11)16)7-18-12-4-2-1-3-9(12)14(8)17/h1-6H,7H2. The van der Waals surface area contributed by atoms with Gasteiger partial charge in [0, 0.05) is 0 Å². The van der Waals surface area contributed by atoms with Crippen molar-refractivity contribution in [1.29, 1.82) is 0 Å². The molecule has 1 aliphatic rings. The predicted octanol–water partition coefficient (Wildman–Crippen LogP) is 2.04. The first kappa shape index (κ1) is 11.6. The number of benzene rings is 2. The average molecular weight is 309 g/mol. The fourth-order valence-corrected chi connectivity index (χ4v) is 4.27. The molecule has 0 spiro atoms. The van der Waals surface area contributed by atoms with E-state index in [2.05, 4.69) is 0 Å². The zero-order valence-electron chi connectivity index (χ0n) is 9.24. The van der Waals surface area contributed by atoms with Crippen LogP contribution in [-0.4, -0.2) is 20.7 Å². The van der Waals surface area contributed by atoms with Gasteiger partial charge in [0.1, 0.15) is 0 Å². The van der Waals surface area contributed by atoms with E-state index in [9.17, 15) is 13.6 Å². The Morgan fingerprint density at radius 1 is 1.00 bits per heavy atom. The topological polar surface area (TPSA) is 17.1 Å². The molecule has 0 saturated carbocycles. The summed E-state index contributed by atoms with van der Waals surface area (Å²) in [6, 6.07) is 9.68. The van der Waals surface area contributed by atoms with Crippen LogP contribution in [0.5, 0.6) is 0 Å². The van der Waals surface area contributed by atoms with E-state index in [1.54, 1.807) is 12.1 Å². The number of rotatable bonds is 0. The third kappa shape index (κ3) is 1.69. The summed E-state index contributed by atoms with van der Waals surface area (Å²) in [6.45, 7) is 0. The zero-order chi connectivity index (χ0) is 12.7. The molecule has 0 radical (unpaired) electrons. The number of hydrogen-bond donors (Lipinski definition) is 0. The molecule has 1 nitrogen and oxygen atoms in total. The van der Waals surface area contributed by atoms with Gasteiger partial charge in [-0.15, -0.1) is 0 Å². The van der Waals surface area contributed by atoms with Crippen molar-refractivity contribution < 1.29 is 13.6 Å². The molecular weight excluding hydrogens is 301 g/mol. The molecule has 0 aliphatic carbocycles. The Morgan fingerprint density at radius 3 is 2.61 bits per heavy atom. The van der Waals surface area contributed by atoms with Gasteiger partial charge in [-0.2, -0.15) is 0 Å². The number of carbonyl (C=O) groups excluding carboxylic acids is 1. The van der Waals surface area contributed by atoms with Crippen LogP contribution in [0, 0.1) is 11.6 Å². The fraction of sp³-hybridized carbons (Fsp3) is 0.0714. The van der Waals surface area contributed by atoms with Crippen molar-refractivity contribution in [3.8, 4) is 0 Å². The van der Waals surface area contributed by atoms with E-state index in [1.807, 2.05) is 12.1 Å². The number of carbonyl (C=O) groups is 1. The van der Waals surface area contributed by atoms with E-state index in [0.717, 1.165) is 10.5 Å². The van der Waals surface area contributed by atoms with E-state index >= 15 is 0 Å². The summed E-state index contributed by atoms with van der Waals surface area (Å²) >= 11 is -0.0495. The van der Waals surface area contributed by atoms with Gasteiger partial charge in [-0.1, -0.05) is 0 Å². The summed E-state index contributed by atoms with van der Waals surface area (Å²) in [5.41, 5.74) is 1.12. The molecule has 0 atom stereocenters. The Kier molecular flexibility index (Phi) is 2.77. The van der Waals surface area contributed by atoms with E-state index in [0.29, 0.717) is 16.4 Å². The molecule has 0 N–H and O–H groups in total. The molecule has 1 heterocycles. The van der Waals surface area contributed by atoms with Crippen LogP contribution in [0.25, 0.3) is 0 Å². The van der Waals surface area contributed by atoms with Gasteiger partial charge in [-0.3, -0.25) is 0 Å². The summed E-state index contributed by atoms with van der Waals surface area (Å²) in [7, 11) is 0. The Morgan fingerprint density at radius 2 is 1.78 bits per heavy atom. The van der Waals surface area contributed by atoms with Crippen LogP contribution in [0.3, 0.4) is 0 Å². The molecule has 2 aromatic carbocycles. The molecule has 1 aliphatic heterocycles. The van der Waals surface area contributed by atoms with Crippen LogP contribution in [-0.2, 0) is 5.32 Å². The molecule has 0 amide bonds. The number of hydrogen-bond acceptors (Lipinski definition) is 1. The monoisotopic (exact) mass is 310 g/mol. The van der Waals surface area contributed by atoms with Crippen molar-refractivity contribution in [2.75, 3.05) is 0 Å². The van der Waals surface area contributed by atoms with Crippen molar-refractivity contribution in [3.05, 3.63) is 64.7 Å². The molecule has 0 unspecified atom stereocenters. The molecular formula is C14H8F2OSe. The second-order valence-corrected chi connectivity index (χ2v) is 6.14. The van der Waals surface area contributed by atoms with Crippen LogP contribution in [0.15, 0.2) is 36.4 Å². The molecule has 0 fully saturated rings. The third-order valence-corrected chi connectivity index (χ3v) is 5.25. The Balaban J connectivity index is 2.24. The van der Waals surface area contributed by atoms with Gasteiger partial charge < -0.3 is 0 Å². The fourth-order valence-electron chi connectivity index (χ4n) is 2.02. The van der Waals surface area contributed by atoms with E-state index in [4.69, 9.17) is 0 Å². The minimum atomic E-state index is -0.886. The Hall–Kier alpha value is -1.51. The van der Waals surface area contributed by atoms with Crippen molar-refractivity contribution in [1.82, 2.24) is 0 Å². The normalized spacial score (nSPS) is 13.8. The quantitative estimate of drug-likeness (QED) is 0.681.